The molecule has 1 aromatic rings. The molecule has 104 valence electrons. The first-order chi connectivity index (χ1) is 9.02. The highest BCUT2D eigenvalue weighted by Crippen LogP contribution is 2.12. The lowest BCUT2D eigenvalue weighted by Gasteiger charge is -2.15. The van der Waals surface area contributed by atoms with E-state index in [4.69, 9.17) is 0 Å². The van der Waals surface area contributed by atoms with E-state index in [-0.39, 0.29) is 11.9 Å². The Kier molecular flexibility index (Phi) is 6.13. The van der Waals surface area contributed by atoms with Gasteiger partial charge in [0.1, 0.15) is 0 Å². The molecule has 1 unspecified atom stereocenters. The number of carbonyl (C=O) groups is 1. The summed E-state index contributed by atoms with van der Waals surface area (Å²) in [5, 5.41) is 6.28. The quantitative estimate of drug-likeness (QED) is 0.736. The third-order valence-corrected chi connectivity index (χ3v) is 2.78. The molecule has 3 heteroatoms. The lowest BCUT2D eigenvalue weighted by molar-refractivity contribution is 0.0943. The highest BCUT2D eigenvalue weighted by molar-refractivity contribution is 5.94. The lowest BCUT2D eigenvalue weighted by Crippen LogP contribution is -2.30. The van der Waals surface area contributed by atoms with Gasteiger partial charge >= 0.3 is 0 Å². The fraction of sp³-hybridized carbons (Fsp3) is 0.438. The second kappa shape index (κ2) is 7.62. The lowest BCUT2D eigenvalue weighted by atomic mass is 10.1. The molecule has 1 atom stereocenters. The Morgan fingerprint density at radius 2 is 1.89 bits per heavy atom. The van der Waals surface area contributed by atoms with Crippen molar-refractivity contribution in [3.63, 3.8) is 0 Å². The van der Waals surface area contributed by atoms with Crippen molar-refractivity contribution in [1.29, 1.82) is 0 Å². The van der Waals surface area contributed by atoms with Gasteiger partial charge in [-0.25, -0.2) is 0 Å². The molecular weight excluding hydrogens is 236 g/mol. The van der Waals surface area contributed by atoms with Crippen molar-refractivity contribution in [3.05, 3.63) is 42.5 Å². The minimum atomic E-state index is -0.0266. The Bertz CT molecular complexity index is 409. The highest BCUT2D eigenvalue weighted by atomic mass is 16.1. The van der Waals surface area contributed by atoms with Crippen molar-refractivity contribution in [3.8, 4) is 0 Å². The predicted octanol–water partition coefficient (Wildman–Crippen LogP) is 3.59. The molecule has 1 amide bonds. The van der Waals surface area contributed by atoms with Crippen molar-refractivity contribution in [1.82, 2.24) is 5.32 Å². The van der Waals surface area contributed by atoms with Crippen molar-refractivity contribution >= 4 is 11.6 Å². The third-order valence-electron chi connectivity index (χ3n) is 2.78. The maximum absolute atomic E-state index is 11.8. The van der Waals surface area contributed by atoms with Crippen molar-refractivity contribution < 1.29 is 4.79 Å². The first kappa shape index (κ1) is 15.3. The van der Waals surface area contributed by atoms with Crippen LogP contribution in [0.25, 0.3) is 0 Å². The van der Waals surface area contributed by atoms with Crippen LogP contribution >= 0.6 is 0 Å². The zero-order valence-corrected chi connectivity index (χ0v) is 12.1. The van der Waals surface area contributed by atoms with Gasteiger partial charge in [-0.3, -0.25) is 4.79 Å². The molecule has 0 spiro atoms. The molecule has 0 aliphatic heterocycles. The molecule has 0 fully saturated rings. The van der Waals surface area contributed by atoms with Gasteiger partial charge in [0.25, 0.3) is 5.91 Å². The molecule has 19 heavy (non-hydrogen) atoms. The Balaban J connectivity index is 2.56. The maximum atomic E-state index is 11.8. The van der Waals surface area contributed by atoms with Crippen LogP contribution in [0.2, 0.25) is 0 Å². The van der Waals surface area contributed by atoms with Crippen LogP contribution in [0.15, 0.2) is 36.9 Å². The van der Waals surface area contributed by atoms with Crippen LogP contribution in [0.3, 0.4) is 0 Å². The molecule has 0 radical (unpaired) electrons. The van der Waals surface area contributed by atoms with Gasteiger partial charge in [0.15, 0.2) is 0 Å². The van der Waals surface area contributed by atoms with Crippen molar-refractivity contribution in [2.75, 3.05) is 5.32 Å². The predicted molar refractivity (Wildman–Crippen MR) is 81.6 cm³/mol. The first-order valence-electron chi connectivity index (χ1n) is 6.81. The molecule has 1 aromatic carbocycles. The van der Waals surface area contributed by atoms with E-state index in [1.165, 1.54) is 0 Å². The van der Waals surface area contributed by atoms with Crippen LogP contribution in [0.4, 0.5) is 5.69 Å². The Morgan fingerprint density at radius 3 is 2.42 bits per heavy atom. The summed E-state index contributed by atoms with van der Waals surface area (Å²) in [7, 11) is 0. The van der Waals surface area contributed by atoms with Crippen LogP contribution < -0.4 is 10.6 Å². The van der Waals surface area contributed by atoms with Gasteiger partial charge in [-0.2, -0.15) is 0 Å². The maximum Gasteiger partial charge on any atom is 0.251 e. The van der Waals surface area contributed by atoms with Gasteiger partial charge in [0.2, 0.25) is 0 Å². The molecule has 0 aliphatic rings. The second-order valence-corrected chi connectivity index (χ2v) is 5.12. The standard InChI is InChI=1S/C16H24N2O/c1-5-6-7-13(4)18-15-10-8-14(9-11-15)16(19)17-12(2)3/h5,8-13,18H,1,6-7H2,2-4H3,(H,17,19). The van der Waals surface area contributed by atoms with Gasteiger partial charge in [0.05, 0.1) is 0 Å². The number of amides is 1. The monoisotopic (exact) mass is 260 g/mol. The molecular formula is C16H24N2O. The Hall–Kier alpha value is -1.77. The Labute approximate surface area is 116 Å². The van der Waals surface area contributed by atoms with Crippen LogP contribution in [0, 0.1) is 0 Å². The summed E-state index contributed by atoms with van der Waals surface area (Å²) in [5.41, 5.74) is 1.73. The van der Waals surface area contributed by atoms with E-state index in [1.54, 1.807) is 0 Å². The van der Waals surface area contributed by atoms with E-state index in [0.29, 0.717) is 11.6 Å². The fourth-order valence-electron chi connectivity index (χ4n) is 1.79. The molecule has 0 saturated carbocycles. The summed E-state index contributed by atoms with van der Waals surface area (Å²) in [4.78, 5) is 11.8. The molecule has 2 N–H and O–H groups in total. The molecule has 0 saturated heterocycles. The molecule has 3 nitrogen and oxygen atoms in total. The number of benzene rings is 1. The number of hydrogen-bond donors (Lipinski definition) is 2. The summed E-state index contributed by atoms with van der Waals surface area (Å²) in [6.07, 6.45) is 3.99. The summed E-state index contributed by atoms with van der Waals surface area (Å²) in [6, 6.07) is 8.14. The summed E-state index contributed by atoms with van der Waals surface area (Å²) < 4.78 is 0. The zero-order valence-electron chi connectivity index (χ0n) is 12.1. The number of rotatable bonds is 7. The molecule has 0 aromatic heterocycles. The van der Waals surface area contributed by atoms with E-state index in [9.17, 15) is 4.79 Å². The average Bonchev–Trinajstić information content (AvgIpc) is 2.36. The van der Waals surface area contributed by atoms with E-state index >= 15 is 0 Å². The second-order valence-electron chi connectivity index (χ2n) is 5.12. The van der Waals surface area contributed by atoms with Crippen LogP contribution in [-0.4, -0.2) is 18.0 Å². The van der Waals surface area contributed by atoms with Crippen LogP contribution in [0.5, 0.6) is 0 Å². The SMILES string of the molecule is C=CCCC(C)Nc1ccc(C(=O)NC(C)C)cc1. The molecule has 0 heterocycles. The normalized spacial score (nSPS) is 12.0. The van der Waals surface area contributed by atoms with E-state index < -0.39 is 0 Å². The Morgan fingerprint density at radius 1 is 1.26 bits per heavy atom. The van der Waals surface area contributed by atoms with Gasteiger partial charge in [0, 0.05) is 23.3 Å². The number of nitrogens with one attached hydrogen (secondary N) is 2. The van der Waals surface area contributed by atoms with Crippen molar-refractivity contribution in [2.24, 2.45) is 0 Å². The van der Waals surface area contributed by atoms with Crippen LogP contribution in [-0.2, 0) is 0 Å². The minimum absolute atomic E-state index is 0.0266. The summed E-state index contributed by atoms with van der Waals surface area (Å²) >= 11 is 0. The largest absolute Gasteiger partial charge is 0.383 e. The van der Waals surface area contributed by atoms with Crippen molar-refractivity contribution in [2.45, 2.75) is 45.7 Å². The molecule has 0 bridgehead atoms. The van der Waals surface area contributed by atoms with E-state index in [0.717, 1.165) is 18.5 Å². The molecule has 1 rings (SSSR count). The topological polar surface area (TPSA) is 41.1 Å². The minimum Gasteiger partial charge on any atom is -0.383 e. The highest BCUT2D eigenvalue weighted by Gasteiger charge is 2.07. The number of anilines is 1. The van der Waals surface area contributed by atoms with Gasteiger partial charge in [-0.15, -0.1) is 6.58 Å². The molecule has 0 aliphatic carbocycles. The van der Waals surface area contributed by atoms with E-state index in [1.807, 2.05) is 44.2 Å². The van der Waals surface area contributed by atoms with Gasteiger partial charge in [-0.1, -0.05) is 6.08 Å². The summed E-state index contributed by atoms with van der Waals surface area (Å²) in [5.74, 6) is -0.0266. The van der Waals surface area contributed by atoms with Gasteiger partial charge < -0.3 is 10.6 Å². The average molecular weight is 260 g/mol. The first-order valence-corrected chi connectivity index (χ1v) is 6.81. The third kappa shape index (κ3) is 5.60. The fourth-order valence-corrected chi connectivity index (χ4v) is 1.79. The number of allylic oxidation sites excluding steroid dienone is 1. The van der Waals surface area contributed by atoms with E-state index in [2.05, 4.69) is 24.1 Å². The summed E-state index contributed by atoms with van der Waals surface area (Å²) in [6.45, 7) is 9.77. The van der Waals surface area contributed by atoms with Gasteiger partial charge in [-0.05, 0) is 57.9 Å². The smallest absolute Gasteiger partial charge is 0.251 e. The number of hydrogen-bond acceptors (Lipinski definition) is 2. The zero-order chi connectivity index (χ0) is 14.3. The number of carbonyl (C=O) groups excluding carboxylic acids is 1. The van der Waals surface area contributed by atoms with Crippen LogP contribution in [0.1, 0.15) is 44.0 Å².